The molecule has 52 heavy (non-hydrogen) atoms. The molecule has 0 bridgehead atoms. The third kappa shape index (κ3) is 3.70. The topological polar surface area (TPSA) is 36.1 Å². The average Bonchev–Trinajstić information content (AvgIpc) is 3.95. The van der Waals surface area contributed by atoms with Crippen molar-refractivity contribution in [2.45, 2.75) is 0 Å². The first-order valence-corrected chi connectivity index (χ1v) is 17.7. The van der Waals surface area contributed by atoms with Crippen molar-refractivity contribution in [3.05, 3.63) is 170 Å². The van der Waals surface area contributed by atoms with Gasteiger partial charge in [0.1, 0.15) is 16.7 Å². The SMILES string of the molecule is c1ccc2c(c1)oc1c(-n3c4ccccc4c4cc(-c5cccc6c5oc5ccc(-n7c8ccccc8c8ccccc87)cc56)ccc43)cccc12. The van der Waals surface area contributed by atoms with Crippen LogP contribution >= 0.6 is 0 Å². The number of fused-ring (bicyclic) bond motifs is 12. The molecule has 0 fully saturated rings. The Bertz CT molecular complexity index is 3370. The molecule has 8 aromatic carbocycles. The summed E-state index contributed by atoms with van der Waals surface area (Å²) in [5, 5.41) is 9.34. The van der Waals surface area contributed by atoms with Crippen LogP contribution in [0.4, 0.5) is 0 Å². The number of aromatic nitrogens is 2. The van der Waals surface area contributed by atoms with Crippen LogP contribution in [-0.4, -0.2) is 9.13 Å². The van der Waals surface area contributed by atoms with Gasteiger partial charge in [-0.25, -0.2) is 0 Å². The number of hydrogen-bond acceptors (Lipinski definition) is 2. The standard InChI is InChI=1S/C48H28N2O2/c1-5-18-40-32(11-1)33-12-2-6-19-41(33)49(40)30-24-26-46-39(28-30)37-16-9-15-31(47(37)51-46)29-23-25-43-38(27-29)34-13-3-7-20-42(34)50(43)44-21-10-17-36-35-14-4-8-22-45(35)52-48(36)44/h1-28H. The van der Waals surface area contributed by atoms with Gasteiger partial charge in [0.15, 0.2) is 5.58 Å². The molecule has 4 heterocycles. The maximum Gasteiger partial charge on any atom is 0.159 e. The maximum absolute atomic E-state index is 6.71. The summed E-state index contributed by atoms with van der Waals surface area (Å²) in [7, 11) is 0. The van der Waals surface area contributed by atoms with E-state index < -0.39 is 0 Å². The molecule has 0 radical (unpaired) electrons. The molecule has 4 aromatic heterocycles. The van der Waals surface area contributed by atoms with E-state index in [2.05, 4.69) is 167 Å². The lowest BCUT2D eigenvalue weighted by molar-refractivity contribution is 0.666. The van der Waals surface area contributed by atoms with Gasteiger partial charge in [0.25, 0.3) is 0 Å². The Labute approximate surface area is 296 Å². The van der Waals surface area contributed by atoms with Crippen LogP contribution in [0.2, 0.25) is 0 Å². The molecule has 0 aliphatic rings. The first-order valence-electron chi connectivity index (χ1n) is 17.7. The molecular formula is C48H28N2O2. The van der Waals surface area contributed by atoms with Crippen LogP contribution in [-0.2, 0) is 0 Å². The zero-order valence-electron chi connectivity index (χ0n) is 27.9. The largest absolute Gasteiger partial charge is 0.455 e. The molecule has 242 valence electrons. The van der Waals surface area contributed by atoms with Crippen molar-refractivity contribution >= 4 is 87.5 Å². The number of nitrogens with zero attached hydrogens (tertiary/aromatic N) is 2. The zero-order chi connectivity index (χ0) is 33.9. The molecule has 0 aliphatic heterocycles. The van der Waals surface area contributed by atoms with Gasteiger partial charge in [-0.3, -0.25) is 0 Å². The third-order valence-corrected chi connectivity index (χ3v) is 10.9. The van der Waals surface area contributed by atoms with Crippen molar-refractivity contribution in [3.8, 4) is 22.5 Å². The van der Waals surface area contributed by atoms with Gasteiger partial charge in [0, 0.05) is 54.3 Å². The highest BCUT2D eigenvalue weighted by atomic mass is 16.3. The molecule has 0 amide bonds. The van der Waals surface area contributed by atoms with E-state index in [1.807, 2.05) is 12.1 Å². The highest BCUT2D eigenvalue weighted by molar-refractivity contribution is 6.16. The van der Waals surface area contributed by atoms with Gasteiger partial charge in [-0.15, -0.1) is 0 Å². The maximum atomic E-state index is 6.71. The van der Waals surface area contributed by atoms with Crippen LogP contribution in [0.3, 0.4) is 0 Å². The number of para-hydroxylation sites is 6. The van der Waals surface area contributed by atoms with Crippen LogP contribution in [0.1, 0.15) is 0 Å². The van der Waals surface area contributed by atoms with E-state index in [0.29, 0.717) is 0 Å². The number of furan rings is 2. The van der Waals surface area contributed by atoms with Gasteiger partial charge < -0.3 is 18.0 Å². The second-order valence-corrected chi connectivity index (χ2v) is 13.7. The normalized spacial score (nSPS) is 12.2. The molecule has 4 heteroatoms. The van der Waals surface area contributed by atoms with E-state index in [0.717, 1.165) is 77.4 Å². The molecule has 0 atom stereocenters. The molecule has 0 aliphatic carbocycles. The minimum atomic E-state index is 0.878. The molecule has 0 unspecified atom stereocenters. The molecule has 12 aromatic rings. The van der Waals surface area contributed by atoms with Crippen molar-refractivity contribution in [2.24, 2.45) is 0 Å². The van der Waals surface area contributed by atoms with Crippen LogP contribution in [0.5, 0.6) is 0 Å². The molecular weight excluding hydrogens is 637 g/mol. The van der Waals surface area contributed by atoms with E-state index in [1.54, 1.807) is 0 Å². The van der Waals surface area contributed by atoms with Gasteiger partial charge in [0.05, 0.1) is 27.8 Å². The quantitative estimate of drug-likeness (QED) is 0.188. The predicted molar refractivity (Wildman–Crippen MR) is 215 cm³/mol. The van der Waals surface area contributed by atoms with E-state index in [4.69, 9.17) is 8.83 Å². The number of rotatable bonds is 3. The average molecular weight is 665 g/mol. The third-order valence-electron chi connectivity index (χ3n) is 10.9. The Kier molecular flexibility index (Phi) is 5.47. The Morgan fingerprint density at radius 3 is 1.65 bits per heavy atom. The van der Waals surface area contributed by atoms with Crippen molar-refractivity contribution in [3.63, 3.8) is 0 Å². The van der Waals surface area contributed by atoms with Crippen LogP contribution in [0.15, 0.2) is 179 Å². The van der Waals surface area contributed by atoms with Crippen molar-refractivity contribution < 1.29 is 8.83 Å². The number of benzene rings is 8. The molecule has 0 N–H and O–H groups in total. The Hall–Kier alpha value is -7.04. The smallest absolute Gasteiger partial charge is 0.159 e. The van der Waals surface area contributed by atoms with Crippen LogP contribution < -0.4 is 0 Å². The van der Waals surface area contributed by atoms with Crippen molar-refractivity contribution in [2.75, 3.05) is 0 Å². The van der Waals surface area contributed by atoms with Gasteiger partial charge >= 0.3 is 0 Å². The first kappa shape index (κ1) is 27.7. The Balaban J connectivity index is 1.06. The van der Waals surface area contributed by atoms with E-state index in [9.17, 15) is 0 Å². The zero-order valence-corrected chi connectivity index (χ0v) is 27.9. The van der Waals surface area contributed by atoms with Gasteiger partial charge in [-0.2, -0.15) is 0 Å². The van der Waals surface area contributed by atoms with Crippen LogP contribution in [0.25, 0.3) is 110 Å². The fourth-order valence-corrected chi connectivity index (χ4v) is 8.66. The lowest BCUT2D eigenvalue weighted by atomic mass is 10.00. The summed E-state index contributed by atoms with van der Waals surface area (Å²) < 4.78 is 17.9. The molecule has 0 spiro atoms. The Morgan fingerprint density at radius 1 is 0.327 bits per heavy atom. The summed E-state index contributed by atoms with van der Waals surface area (Å²) >= 11 is 0. The van der Waals surface area contributed by atoms with Crippen molar-refractivity contribution in [1.82, 2.24) is 9.13 Å². The fraction of sp³-hybridized carbons (Fsp3) is 0. The van der Waals surface area contributed by atoms with Gasteiger partial charge in [-0.05, 0) is 66.2 Å². The van der Waals surface area contributed by atoms with E-state index in [1.165, 1.54) is 32.6 Å². The van der Waals surface area contributed by atoms with Gasteiger partial charge in [-0.1, -0.05) is 109 Å². The van der Waals surface area contributed by atoms with E-state index in [-0.39, 0.29) is 0 Å². The molecule has 4 nitrogen and oxygen atoms in total. The van der Waals surface area contributed by atoms with Gasteiger partial charge in [0.2, 0.25) is 0 Å². The monoisotopic (exact) mass is 664 g/mol. The fourth-order valence-electron chi connectivity index (χ4n) is 8.66. The summed E-state index contributed by atoms with van der Waals surface area (Å²) in [4.78, 5) is 0. The van der Waals surface area contributed by atoms with Crippen molar-refractivity contribution in [1.29, 1.82) is 0 Å². The summed E-state index contributed by atoms with van der Waals surface area (Å²) in [5.41, 5.74) is 12.6. The molecule has 0 saturated heterocycles. The second-order valence-electron chi connectivity index (χ2n) is 13.7. The minimum absolute atomic E-state index is 0.878. The summed E-state index contributed by atoms with van der Waals surface area (Å²) in [6, 6.07) is 60.5. The first-order chi connectivity index (χ1) is 25.8. The molecule has 0 saturated carbocycles. The number of hydrogen-bond donors (Lipinski definition) is 0. The minimum Gasteiger partial charge on any atom is -0.455 e. The molecule has 12 rings (SSSR count). The highest BCUT2D eigenvalue weighted by Crippen LogP contribution is 2.42. The lowest BCUT2D eigenvalue weighted by Gasteiger charge is -2.09. The summed E-state index contributed by atoms with van der Waals surface area (Å²) in [5.74, 6) is 0. The van der Waals surface area contributed by atoms with Crippen LogP contribution in [0, 0.1) is 0 Å². The second kappa shape index (κ2) is 10.3. The Morgan fingerprint density at radius 2 is 0.885 bits per heavy atom. The van der Waals surface area contributed by atoms with E-state index >= 15 is 0 Å². The summed E-state index contributed by atoms with van der Waals surface area (Å²) in [6.45, 7) is 0. The summed E-state index contributed by atoms with van der Waals surface area (Å²) in [6.07, 6.45) is 0. The lowest BCUT2D eigenvalue weighted by Crippen LogP contribution is -1.94. The highest BCUT2D eigenvalue weighted by Gasteiger charge is 2.20. The predicted octanol–water partition coefficient (Wildman–Crippen LogP) is 13.3.